The Balaban J connectivity index is 1.57. The summed E-state index contributed by atoms with van der Waals surface area (Å²) in [5.41, 5.74) is 1.27. The first-order chi connectivity index (χ1) is 14.5. The second kappa shape index (κ2) is 7.86. The number of nitrogens with zero attached hydrogens (tertiary/aromatic N) is 2. The van der Waals surface area contributed by atoms with E-state index in [9.17, 15) is 14.0 Å². The molecular weight excluding hydrogens is 391 g/mol. The number of halogens is 1. The summed E-state index contributed by atoms with van der Waals surface area (Å²) in [6, 6.07) is 10.6. The minimum absolute atomic E-state index is 0.0878. The summed E-state index contributed by atoms with van der Waals surface area (Å²) >= 11 is 0. The van der Waals surface area contributed by atoms with Gasteiger partial charge < -0.3 is 24.7 Å². The maximum absolute atomic E-state index is 13.2. The molecule has 2 N–H and O–H groups in total. The number of carbonyl (C=O) groups is 2. The second-order valence-electron chi connectivity index (χ2n) is 6.70. The van der Waals surface area contributed by atoms with Gasteiger partial charge in [0.2, 0.25) is 0 Å². The topological polar surface area (TPSA) is 94.5 Å². The number of methoxy groups -OCH3 is 2. The van der Waals surface area contributed by atoms with Crippen molar-refractivity contribution < 1.29 is 23.5 Å². The highest BCUT2D eigenvalue weighted by Gasteiger charge is 2.29. The van der Waals surface area contributed by atoms with E-state index in [-0.39, 0.29) is 23.4 Å². The summed E-state index contributed by atoms with van der Waals surface area (Å²) in [5.74, 6) is -0.102. The maximum atomic E-state index is 13.2. The molecule has 0 fully saturated rings. The summed E-state index contributed by atoms with van der Waals surface area (Å²) in [6.07, 6.45) is 1.52. The van der Waals surface area contributed by atoms with Gasteiger partial charge in [0.15, 0.2) is 5.82 Å². The van der Waals surface area contributed by atoms with Crippen LogP contribution < -0.4 is 20.1 Å². The smallest absolute Gasteiger partial charge is 0.287 e. The molecule has 1 aliphatic rings. The molecule has 0 bridgehead atoms. The zero-order valence-corrected chi connectivity index (χ0v) is 16.3. The number of ether oxygens (including phenoxy) is 2. The molecule has 8 nitrogen and oxygen atoms in total. The lowest BCUT2D eigenvalue weighted by Gasteiger charge is -2.25. The van der Waals surface area contributed by atoms with Crippen LogP contribution in [0.25, 0.3) is 0 Å². The number of rotatable bonds is 5. The average molecular weight is 410 g/mol. The molecule has 2 heterocycles. The standard InChI is InChI=1S/C21H19FN4O4/c1-29-14-7-8-18(30-2)15(9-14)24-20(27)17-11-26-10-16(25-21(28)19(26)23-17)12-3-5-13(22)6-4-12/h3-9,11,16H,10H2,1-2H3,(H,24,27)(H,25,28). The van der Waals surface area contributed by atoms with Crippen LogP contribution in [0.1, 0.15) is 32.7 Å². The zero-order chi connectivity index (χ0) is 21.3. The molecule has 3 aromatic rings. The van der Waals surface area contributed by atoms with E-state index in [4.69, 9.17) is 9.47 Å². The Morgan fingerprint density at radius 1 is 1.20 bits per heavy atom. The molecule has 0 saturated carbocycles. The molecule has 0 saturated heterocycles. The summed E-state index contributed by atoms with van der Waals surface area (Å²) in [4.78, 5) is 29.4. The summed E-state index contributed by atoms with van der Waals surface area (Å²) < 4.78 is 25.2. The highest BCUT2D eigenvalue weighted by Crippen LogP contribution is 2.29. The number of hydrogen-bond acceptors (Lipinski definition) is 5. The zero-order valence-electron chi connectivity index (χ0n) is 16.3. The van der Waals surface area contributed by atoms with E-state index >= 15 is 0 Å². The Morgan fingerprint density at radius 2 is 1.97 bits per heavy atom. The molecule has 1 aromatic heterocycles. The van der Waals surface area contributed by atoms with Gasteiger partial charge in [-0.2, -0.15) is 0 Å². The molecule has 1 unspecified atom stereocenters. The monoisotopic (exact) mass is 410 g/mol. The Bertz CT molecular complexity index is 1110. The fourth-order valence-corrected chi connectivity index (χ4v) is 3.29. The van der Waals surface area contributed by atoms with Crippen LogP contribution in [-0.2, 0) is 6.54 Å². The predicted octanol–water partition coefficient (Wildman–Crippen LogP) is 2.78. The fourth-order valence-electron chi connectivity index (χ4n) is 3.29. The van der Waals surface area contributed by atoms with Gasteiger partial charge in [0.25, 0.3) is 11.8 Å². The van der Waals surface area contributed by atoms with Crippen LogP contribution in [-0.4, -0.2) is 35.6 Å². The minimum Gasteiger partial charge on any atom is -0.497 e. The lowest BCUT2D eigenvalue weighted by molar-refractivity contribution is 0.0894. The van der Waals surface area contributed by atoms with E-state index in [1.807, 2.05) is 0 Å². The van der Waals surface area contributed by atoms with Gasteiger partial charge in [-0.05, 0) is 29.8 Å². The van der Waals surface area contributed by atoms with E-state index in [0.29, 0.717) is 23.7 Å². The highest BCUT2D eigenvalue weighted by atomic mass is 19.1. The first-order valence-electron chi connectivity index (χ1n) is 9.15. The Labute approximate surface area is 171 Å². The molecule has 4 rings (SSSR count). The van der Waals surface area contributed by atoms with Crippen molar-refractivity contribution in [2.75, 3.05) is 19.5 Å². The summed E-state index contributed by atoms with van der Waals surface area (Å²) in [5, 5.41) is 5.56. The third-order valence-corrected chi connectivity index (χ3v) is 4.82. The van der Waals surface area contributed by atoms with Crippen LogP contribution in [0.15, 0.2) is 48.7 Å². The Kier molecular flexibility index (Phi) is 5.09. The van der Waals surface area contributed by atoms with Crippen molar-refractivity contribution in [2.24, 2.45) is 0 Å². The van der Waals surface area contributed by atoms with Gasteiger partial charge >= 0.3 is 0 Å². The first kappa shape index (κ1) is 19.4. The number of fused-ring (bicyclic) bond motifs is 1. The third-order valence-electron chi connectivity index (χ3n) is 4.82. The van der Waals surface area contributed by atoms with Crippen molar-refractivity contribution in [2.45, 2.75) is 12.6 Å². The molecule has 2 amide bonds. The van der Waals surface area contributed by atoms with Crippen molar-refractivity contribution >= 4 is 17.5 Å². The minimum atomic E-state index is -0.491. The van der Waals surface area contributed by atoms with Gasteiger partial charge in [-0.25, -0.2) is 9.37 Å². The van der Waals surface area contributed by atoms with Crippen molar-refractivity contribution in [3.05, 3.63) is 71.6 Å². The van der Waals surface area contributed by atoms with Crippen molar-refractivity contribution in [3.63, 3.8) is 0 Å². The van der Waals surface area contributed by atoms with Crippen LogP contribution in [0.5, 0.6) is 11.5 Å². The number of anilines is 1. The number of nitrogens with one attached hydrogen (secondary N) is 2. The molecule has 1 atom stereocenters. The van der Waals surface area contributed by atoms with E-state index in [0.717, 1.165) is 5.56 Å². The number of hydrogen-bond donors (Lipinski definition) is 2. The van der Waals surface area contributed by atoms with Gasteiger partial charge in [-0.1, -0.05) is 12.1 Å². The lowest BCUT2D eigenvalue weighted by atomic mass is 10.1. The fraction of sp³-hybridized carbons (Fsp3) is 0.190. The molecule has 0 radical (unpaired) electrons. The number of aromatic nitrogens is 2. The molecule has 30 heavy (non-hydrogen) atoms. The van der Waals surface area contributed by atoms with Gasteiger partial charge in [0.1, 0.15) is 23.0 Å². The molecule has 0 aliphatic carbocycles. The Morgan fingerprint density at radius 3 is 2.67 bits per heavy atom. The molecular formula is C21H19FN4O4. The van der Waals surface area contributed by atoms with E-state index in [1.54, 1.807) is 34.9 Å². The SMILES string of the molecule is COc1ccc(OC)c(NC(=O)c2cn3c(n2)C(=O)NC(c2ccc(F)cc2)C3)c1. The second-order valence-corrected chi connectivity index (χ2v) is 6.70. The Hall–Kier alpha value is -3.88. The number of amides is 2. The average Bonchev–Trinajstić information content (AvgIpc) is 3.19. The largest absolute Gasteiger partial charge is 0.497 e. The van der Waals surface area contributed by atoms with Crippen molar-refractivity contribution in [3.8, 4) is 11.5 Å². The van der Waals surface area contributed by atoms with E-state index < -0.39 is 11.8 Å². The van der Waals surface area contributed by atoms with E-state index in [2.05, 4.69) is 15.6 Å². The van der Waals surface area contributed by atoms with Crippen LogP contribution in [0.3, 0.4) is 0 Å². The number of benzene rings is 2. The van der Waals surface area contributed by atoms with Crippen LogP contribution >= 0.6 is 0 Å². The van der Waals surface area contributed by atoms with Crippen molar-refractivity contribution in [1.29, 1.82) is 0 Å². The number of carbonyl (C=O) groups excluding carboxylic acids is 2. The summed E-state index contributed by atoms with van der Waals surface area (Å²) in [7, 11) is 3.01. The van der Waals surface area contributed by atoms with Gasteiger partial charge in [0.05, 0.1) is 25.9 Å². The molecule has 9 heteroatoms. The summed E-state index contributed by atoms with van der Waals surface area (Å²) in [6.45, 7) is 0.371. The van der Waals surface area contributed by atoms with Crippen LogP contribution in [0.2, 0.25) is 0 Å². The first-order valence-corrected chi connectivity index (χ1v) is 9.15. The van der Waals surface area contributed by atoms with Gasteiger partial charge in [-0.15, -0.1) is 0 Å². The van der Waals surface area contributed by atoms with E-state index in [1.165, 1.54) is 32.5 Å². The predicted molar refractivity (Wildman–Crippen MR) is 106 cm³/mol. The van der Waals surface area contributed by atoms with Crippen LogP contribution in [0.4, 0.5) is 10.1 Å². The van der Waals surface area contributed by atoms with Crippen molar-refractivity contribution in [1.82, 2.24) is 14.9 Å². The quantitative estimate of drug-likeness (QED) is 0.675. The molecule has 1 aliphatic heterocycles. The highest BCUT2D eigenvalue weighted by molar-refractivity contribution is 6.04. The molecule has 0 spiro atoms. The third kappa shape index (κ3) is 3.69. The lowest BCUT2D eigenvalue weighted by Crippen LogP contribution is -2.38. The van der Waals surface area contributed by atoms with Crippen LogP contribution in [0, 0.1) is 5.82 Å². The molecule has 2 aromatic carbocycles. The molecule has 154 valence electrons. The normalized spacial score (nSPS) is 15.2. The van der Waals surface area contributed by atoms with Gasteiger partial charge in [0, 0.05) is 18.8 Å². The maximum Gasteiger partial charge on any atom is 0.287 e. The number of imidazole rings is 1. The van der Waals surface area contributed by atoms with Gasteiger partial charge in [-0.3, -0.25) is 9.59 Å².